The molecule has 0 atom stereocenters. The minimum Gasteiger partial charge on any atom is -0.304 e. The molecule has 0 unspecified atom stereocenters. The maximum atomic E-state index is 12.1. The molecule has 0 radical (unpaired) electrons. The highest BCUT2D eigenvalue weighted by atomic mass is 35.5. The van der Waals surface area contributed by atoms with Crippen molar-refractivity contribution < 1.29 is 9.72 Å². The number of para-hydroxylation sites is 1. The molecule has 2 rings (SSSR count). The largest absolute Gasteiger partial charge is 0.304 e. The fourth-order valence-corrected chi connectivity index (χ4v) is 1.97. The Balaban J connectivity index is 2.40. The third-order valence-corrected chi connectivity index (χ3v) is 2.90. The predicted molar refractivity (Wildman–Crippen MR) is 74.0 cm³/mol. The topological polar surface area (TPSA) is 114 Å². The van der Waals surface area contributed by atoms with Crippen LogP contribution in [0.3, 0.4) is 0 Å². The standard InChI is InChI=1S/C12H8ClN5O3/c1-17-6-7(5-14)11(16-17)15-12(19)8-3-2-4-9(13)10(8)18(20)21/h2-4,6H,1H3,(H,15,16,19). The van der Waals surface area contributed by atoms with Crippen LogP contribution < -0.4 is 5.32 Å². The molecule has 1 aromatic heterocycles. The summed E-state index contributed by atoms with van der Waals surface area (Å²) < 4.78 is 1.35. The Kier molecular flexibility index (Phi) is 3.86. The summed E-state index contributed by atoms with van der Waals surface area (Å²) in [5, 5.41) is 26.0. The normalized spacial score (nSPS) is 9.95. The van der Waals surface area contributed by atoms with Crippen LogP contribution >= 0.6 is 11.6 Å². The van der Waals surface area contributed by atoms with Gasteiger partial charge in [0.15, 0.2) is 5.82 Å². The van der Waals surface area contributed by atoms with E-state index in [2.05, 4.69) is 10.4 Å². The van der Waals surface area contributed by atoms with Gasteiger partial charge in [-0.2, -0.15) is 10.4 Å². The zero-order valence-electron chi connectivity index (χ0n) is 10.7. The minimum absolute atomic E-state index is 0.0271. The number of benzene rings is 1. The number of halogens is 1. The summed E-state index contributed by atoms with van der Waals surface area (Å²) in [5.74, 6) is -0.737. The second-order valence-electron chi connectivity index (χ2n) is 4.02. The Morgan fingerprint density at radius 3 is 2.90 bits per heavy atom. The molecule has 8 nitrogen and oxygen atoms in total. The second kappa shape index (κ2) is 5.60. The van der Waals surface area contributed by atoms with Gasteiger partial charge in [0, 0.05) is 13.2 Å². The summed E-state index contributed by atoms with van der Waals surface area (Å²) >= 11 is 5.74. The Morgan fingerprint density at radius 2 is 2.29 bits per heavy atom. The van der Waals surface area contributed by atoms with Gasteiger partial charge in [-0.25, -0.2) is 0 Å². The third-order valence-electron chi connectivity index (χ3n) is 2.60. The lowest BCUT2D eigenvalue weighted by atomic mass is 10.1. The second-order valence-corrected chi connectivity index (χ2v) is 4.43. The van der Waals surface area contributed by atoms with Crippen molar-refractivity contribution in [3.63, 3.8) is 0 Å². The number of nitrogens with one attached hydrogen (secondary N) is 1. The average Bonchev–Trinajstić information content (AvgIpc) is 2.77. The number of nitriles is 1. The first-order valence-corrected chi connectivity index (χ1v) is 6.00. The van der Waals surface area contributed by atoms with Crippen LogP contribution in [0.1, 0.15) is 15.9 Å². The van der Waals surface area contributed by atoms with Crippen LogP contribution in [-0.2, 0) is 7.05 Å². The van der Waals surface area contributed by atoms with Crippen LogP contribution in [0, 0.1) is 21.4 Å². The number of aryl methyl sites for hydroxylation is 1. The highest BCUT2D eigenvalue weighted by Gasteiger charge is 2.24. The van der Waals surface area contributed by atoms with E-state index in [9.17, 15) is 14.9 Å². The molecule has 9 heteroatoms. The van der Waals surface area contributed by atoms with E-state index in [0.29, 0.717) is 0 Å². The van der Waals surface area contributed by atoms with Crippen molar-refractivity contribution in [3.8, 4) is 6.07 Å². The van der Waals surface area contributed by atoms with Gasteiger partial charge >= 0.3 is 5.69 Å². The monoisotopic (exact) mass is 305 g/mol. The summed E-state index contributed by atoms with van der Waals surface area (Å²) in [6, 6.07) is 5.88. The van der Waals surface area contributed by atoms with Crippen LogP contribution in [0.15, 0.2) is 24.4 Å². The van der Waals surface area contributed by atoms with Crippen molar-refractivity contribution in [1.82, 2.24) is 9.78 Å². The zero-order valence-corrected chi connectivity index (χ0v) is 11.5. The van der Waals surface area contributed by atoms with Gasteiger partial charge in [0.1, 0.15) is 22.2 Å². The lowest BCUT2D eigenvalue weighted by molar-refractivity contribution is -0.385. The minimum atomic E-state index is -0.764. The molecule has 0 spiro atoms. The molecule has 0 saturated carbocycles. The average molecular weight is 306 g/mol. The molecule has 1 aromatic carbocycles. The van der Waals surface area contributed by atoms with E-state index in [4.69, 9.17) is 16.9 Å². The third kappa shape index (κ3) is 2.82. The number of nitro groups is 1. The summed E-state index contributed by atoms with van der Waals surface area (Å²) in [6.07, 6.45) is 1.42. The van der Waals surface area contributed by atoms with E-state index in [-0.39, 0.29) is 22.0 Å². The number of aromatic nitrogens is 2. The van der Waals surface area contributed by atoms with Crippen LogP contribution in [0.2, 0.25) is 5.02 Å². The van der Waals surface area contributed by atoms with Gasteiger partial charge in [-0.1, -0.05) is 17.7 Å². The quantitative estimate of drug-likeness (QED) is 0.689. The number of amides is 1. The molecule has 21 heavy (non-hydrogen) atoms. The molecule has 0 saturated heterocycles. The fourth-order valence-electron chi connectivity index (χ4n) is 1.72. The highest BCUT2D eigenvalue weighted by Crippen LogP contribution is 2.28. The van der Waals surface area contributed by atoms with Crippen molar-refractivity contribution in [2.24, 2.45) is 7.05 Å². The number of rotatable bonds is 3. The molecule has 1 N–H and O–H groups in total. The Morgan fingerprint density at radius 1 is 1.57 bits per heavy atom. The lowest BCUT2D eigenvalue weighted by Crippen LogP contribution is -2.15. The molecule has 1 amide bonds. The summed E-state index contributed by atoms with van der Waals surface area (Å²) in [6.45, 7) is 0. The predicted octanol–water partition coefficient (Wildman–Crippen LogP) is 2.11. The number of nitrogens with zero attached hydrogens (tertiary/aromatic N) is 4. The van der Waals surface area contributed by atoms with Crippen LogP contribution in [0.25, 0.3) is 0 Å². The molecular weight excluding hydrogens is 298 g/mol. The Labute approximate surface area is 123 Å². The van der Waals surface area contributed by atoms with Crippen molar-refractivity contribution in [1.29, 1.82) is 5.26 Å². The lowest BCUT2D eigenvalue weighted by Gasteiger charge is -2.04. The van der Waals surface area contributed by atoms with Gasteiger partial charge in [0.25, 0.3) is 5.91 Å². The number of carbonyl (C=O) groups excluding carboxylic acids is 1. The van der Waals surface area contributed by atoms with E-state index < -0.39 is 16.5 Å². The molecular formula is C12H8ClN5O3. The first kappa shape index (κ1) is 14.5. The van der Waals surface area contributed by atoms with Gasteiger partial charge in [-0.15, -0.1) is 0 Å². The molecule has 2 aromatic rings. The molecule has 106 valence electrons. The summed E-state index contributed by atoms with van der Waals surface area (Å²) in [7, 11) is 1.58. The van der Waals surface area contributed by atoms with Gasteiger partial charge in [0.05, 0.1) is 4.92 Å². The molecule has 1 heterocycles. The van der Waals surface area contributed by atoms with E-state index in [1.54, 1.807) is 7.05 Å². The van der Waals surface area contributed by atoms with Crippen molar-refractivity contribution >= 4 is 29.0 Å². The van der Waals surface area contributed by atoms with Crippen molar-refractivity contribution in [3.05, 3.63) is 50.7 Å². The maximum Gasteiger partial charge on any atom is 0.300 e. The Bertz CT molecular complexity index is 778. The summed E-state index contributed by atoms with van der Waals surface area (Å²) in [5.41, 5.74) is -0.552. The van der Waals surface area contributed by atoms with Gasteiger partial charge in [-0.05, 0) is 12.1 Å². The molecule has 0 aliphatic rings. The van der Waals surface area contributed by atoms with Crippen molar-refractivity contribution in [2.75, 3.05) is 5.32 Å². The van der Waals surface area contributed by atoms with Gasteiger partial charge < -0.3 is 5.32 Å². The fraction of sp³-hybridized carbons (Fsp3) is 0.0833. The molecule has 0 bridgehead atoms. The first-order chi connectivity index (χ1) is 9.93. The van der Waals surface area contributed by atoms with Crippen LogP contribution in [0.4, 0.5) is 11.5 Å². The van der Waals surface area contributed by atoms with E-state index in [0.717, 1.165) is 0 Å². The SMILES string of the molecule is Cn1cc(C#N)c(NC(=O)c2cccc(Cl)c2[N+](=O)[O-])n1. The number of carbonyl (C=O) groups is 1. The first-order valence-electron chi connectivity index (χ1n) is 5.62. The number of anilines is 1. The molecule has 0 aliphatic carbocycles. The van der Waals surface area contributed by atoms with Gasteiger partial charge in [0.2, 0.25) is 0 Å². The summed E-state index contributed by atoms with van der Waals surface area (Å²) in [4.78, 5) is 22.4. The van der Waals surface area contributed by atoms with Crippen molar-refractivity contribution in [2.45, 2.75) is 0 Å². The van der Waals surface area contributed by atoms with E-state index in [1.165, 1.54) is 29.1 Å². The smallest absolute Gasteiger partial charge is 0.300 e. The van der Waals surface area contributed by atoms with Crippen LogP contribution in [0.5, 0.6) is 0 Å². The van der Waals surface area contributed by atoms with E-state index in [1.807, 2.05) is 6.07 Å². The Hall–Kier alpha value is -2.92. The number of hydrogen-bond acceptors (Lipinski definition) is 5. The van der Waals surface area contributed by atoms with Gasteiger partial charge in [-0.3, -0.25) is 19.6 Å². The molecule has 0 aliphatic heterocycles. The number of hydrogen-bond donors (Lipinski definition) is 1. The number of nitro benzene ring substituents is 1. The zero-order chi connectivity index (χ0) is 15.6. The maximum absolute atomic E-state index is 12.1. The molecule has 0 fully saturated rings. The van der Waals surface area contributed by atoms with E-state index >= 15 is 0 Å². The highest BCUT2D eigenvalue weighted by molar-refractivity contribution is 6.33. The van der Waals surface area contributed by atoms with Crippen LogP contribution in [-0.4, -0.2) is 20.6 Å².